The van der Waals surface area contributed by atoms with E-state index in [1.165, 1.54) is 0 Å². The van der Waals surface area contributed by atoms with Crippen molar-refractivity contribution >= 4 is 17.7 Å². The summed E-state index contributed by atoms with van der Waals surface area (Å²) in [4.78, 5) is 54.9. The Hall–Kier alpha value is -4.22. The van der Waals surface area contributed by atoms with Gasteiger partial charge in [0.05, 0.1) is 5.69 Å². The number of likely N-dealkylation sites (tertiary alicyclic amines) is 1. The monoisotopic (exact) mass is 657 g/mol. The normalized spacial score (nSPS) is 20.5. The Labute approximate surface area is 284 Å². The maximum absolute atomic E-state index is 13.9. The summed E-state index contributed by atoms with van der Waals surface area (Å²) in [7, 11) is 2.15. The van der Waals surface area contributed by atoms with Gasteiger partial charge in [-0.1, -0.05) is 6.07 Å². The van der Waals surface area contributed by atoms with Crippen molar-refractivity contribution < 1.29 is 14.7 Å². The molecule has 2 saturated heterocycles. The van der Waals surface area contributed by atoms with E-state index in [2.05, 4.69) is 57.2 Å². The maximum atomic E-state index is 13.9. The van der Waals surface area contributed by atoms with E-state index < -0.39 is 6.09 Å². The minimum Gasteiger partial charge on any atom is -0.465 e. The summed E-state index contributed by atoms with van der Waals surface area (Å²) in [5, 5.41) is 12.8. The van der Waals surface area contributed by atoms with Crippen LogP contribution in [0.3, 0.4) is 0 Å². The zero-order chi connectivity index (χ0) is 34.7. The molecule has 3 N–H and O–H groups in total. The minimum absolute atomic E-state index is 0.0957. The third kappa shape index (κ3) is 7.73. The molecule has 2 fully saturated rings. The Morgan fingerprint density at radius 2 is 1.71 bits per heavy atom. The number of anilines is 1. The van der Waals surface area contributed by atoms with Crippen molar-refractivity contribution in [3.8, 4) is 11.1 Å². The van der Waals surface area contributed by atoms with Crippen LogP contribution in [0.25, 0.3) is 11.1 Å². The number of nitrogens with zero attached hydrogens (tertiary/aromatic N) is 5. The molecule has 4 heterocycles. The number of aromatic amines is 1. The molecule has 0 bridgehead atoms. The van der Waals surface area contributed by atoms with Crippen LogP contribution < -0.4 is 15.8 Å². The van der Waals surface area contributed by atoms with Gasteiger partial charge < -0.3 is 30.1 Å². The number of carboxylic acid groups (broad SMARTS) is 1. The molecule has 3 aromatic rings. The van der Waals surface area contributed by atoms with E-state index in [9.17, 15) is 19.5 Å². The van der Waals surface area contributed by atoms with Gasteiger partial charge in [-0.25, -0.2) is 4.79 Å². The molecule has 2 amide bonds. The van der Waals surface area contributed by atoms with Crippen LogP contribution in [0.1, 0.15) is 72.0 Å². The Kier molecular flexibility index (Phi) is 10.9. The van der Waals surface area contributed by atoms with Crippen molar-refractivity contribution in [1.29, 1.82) is 0 Å². The molecule has 0 radical (unpaired) electrons. The molecule has 0 unspecified atom stereocenters. The highest BCUT2D eigenvalue weighted by atomic mass is 16.4. The second-order valence-electron chi connectivity index (χ2n) is 13.7. The number of likely N-dealkylation sites (N-methyl/N-ethyl adjacent to an activating group) is 1. The molecule has 2 atom stereocenters. The van der Waals surface area contributed by atoms with E-state index in [4.69, 9.17) is 4.98 Å². The number of piperazine rings is 1. The Balaban J connectivity index is 1.48. The first-order valence-electron chi connectivity index (χ1n) is 17.1. The Morgan fingerprint density at radius 1 is 1.02 bits per heavy atom. The van der Waals surface area contributed by atoms with Crippen LogP contribution in [0.15, 0.2) is 41.3 Å². The van der Waals surface area contributed by atoms with Crippen LogP contribution >= 0.6 is 0 Å². The van der Waals surface area contributed by atoms with Crippen LogP contribution in [-0.4, -0.2) is 99.7 Å². The molecule has 2 aliphatic heterocycles. The van der Waals surface area contributed by atoms with E-state index in [-0.39, 0.29) is 36.1 Å². The van der Waals surface area contributed by atoms with Crippen LogP contribution in [0, 0.1) is 20.8 Å². The molecule has 11 nitrogen and oxygen atoms in total. The molecule has 2 aromatic heterocycles. The fourth-order valence-corrected chi connectivity index (χ4v) is 7.49. The number of carbonyl (C=O) groups excluding carboxylic acids is 1. The zero-order valence-electron chi connectivity index (χ0n) is 29.5. The van der Waals surface area contributed by atoms with Gasteiger partial charge in [0.15, 0.2) is 0 Å². The number of amides is 2. The van der Waals surface area contributed by atoms with E-state index in [0.29, 0.717) is 30.5 Å². The summed E-state index contributed by atoms with van der Waals surface area (Å²) in [6, 6.07) is 9.94. The molecule has 11 heteroatoms. The highest BCUT2D eigenvalue weighted by Crippen LogP contribution is 2.36. The number of aryl methyl sites for hydroxylation is 2. The number of piperidine rings is 1. The number of carbonyl (C=O) groups is 2. The molecule has 2 aliphatic rings. The van der Waals surface area contributed by atoms with E-state index >= 15 is 0 Å². The lowest BCUT2D eigenvalue weighted by molar-refractivity contribution is 0.0762. The number of nitrogens with one attached hydrogen (secondary N) is 2. The first kappa shape index (κ1) is 35.1. The number of rotatable bonds is 9. The fourth-order valence-electron chi connectivity index (χ4n) is 7.49. The summed E-state index contributed by atoms with van der Waals surface area (Å²) in [5.41, 5.74) is 7.07. The summed E-state index contributed by atoms with van der Waals surface area (Å²) >= 11 is 0. The van der Waals surface area contributed by atoms with Gasteiger partial charge in [-0.3, -0.25) is 19.5 Å². The molecule has 1 aromatic carbocycles. The molecule has 48 heavy (non-hydrogen) atoms. The predicted molar refractivity (Wildman–Crippen MR) is 190 cm³/mol. The number of aromatic nitrogens is 2. The Morgan fingerprint density at radius 3 is 2.29 bits per heavy atom. The average molecular weight is 658 g/mol. The SMILES string of the molecule is CCN(c1cc(-c2ccc(CN3CCN(C)CC3)nc2)cc(C(=O)NCc2c(C)cc(C)[nH]c2=O)c1C)C1C[C@@H](C)N(C(=O)O)[C@H](C)C1. The second-order valence-corrected chi connectivity index (χ2v) is 13.7. The standard InChI is InChI=1S/C37H51N7O4/c1-8-43(31-16-25(4)44(37(47)48)26(5)17-31)34-19-29(28-9-10-30(38-20-28)22-42-13-11-41(7)12-14-42)18-32(27(34)6)35(45)39-21-33-23(2)15-24(3)40-36(33)46/h9-10,15,18-20,25-26,31H,8,11-14,16-17,21-22H2,1-7H3,(H,39,45)(H,40,46)(H,47,48)/t25-,26-/m1/s1. The van der Waals surface area contributed by atoms with Crippen LogP contribution in [0.2, 0.25) is 0 Å². The first-order valence-corrected chi connectivity index (χ1v) is 17.1. The van der Waals surface area contributed by atoms with Crippen molar-refractivity contribution in [2.75, 3.05) is 44.7 Å². The van der Waals surface area contributed by atoms with Gasteiger partial charge in [0.2, 0.25) is 0 Å². The summed E-state index contributed by atoms with van der Waals surface area (Å²) in [5.74, 6) is -0.256. The minimum atomic E-state index is -0.889. The average Bonchev–Trinajstić information content (AvgIpc) is 3.02. The van der Waals surface area contributed by atoms with Crippen molar-refractivity contribution in [1.82, 2.24) is 30.0 Å². The van der Waals surface area contributed by atoms with E-state index in [0.717, 1.165) is 72.1 Å². The van der Waals surface area contributed by atoms with Crippen molar-refractivity contribution in [2.24, 2.45) is 0 Å². The smallest absolute Gasteiger partial charge is 0.407 e. The largest absolute Gasteiger partial charge is 0.465 e. The van der Waals surface area contributed by atoms with Crippen molar-refractivity contribution in [3.63, 3.8) is 0 Å². The fraction of sp³-hybridized carbons (Fsp3) is 0.514. The van der Waals surface area contributed by atoms with Gasteiger partial charge >= 0.3 is 6.09 Å². The van der Waals surface area contributed by atoms with Gasteiger partial charge in [0.25, 0.3) is 11.5 Å². The van der Waals surface area contributed by atoms with E-state index in [1.54, 1.807) is 4.90 Å². The topological polar surface area (TPSA) is 125 Å². The molecule has 0 saturated carbocycles. The van der Waals surface area contributed by atoms with Crippen LogP contribution in [-0.2, 0) is 13.1 Å². The second kappa shape index (κ2) is 14.9. The van der Waals surface area contributed by atoms with Crippen LogP contribution in [0.5, 0.6) is 0 Å². The number of H-pyrrole nitrogens is 1. The lowest BCUT2D eigenvalue weighted by Gasteiger charge is -2.46. The van der Waals surface area contributed by atoms with Gasteiger partial charge in [0, 0.05) is 98.2 Å². The summed E-state index contributed by atoms with van der Waals surface area (Å²) in [6.07, 6.45) is 2.38. The zero-order valence-corrected chi connectivity index (χ0v) is 29.5. The number of hydrogen-bond acceptors (Lipinski definition) is 7. The number of hydrogen-bond donors (Lipinski definition) is 3. The van der Waals surface area contributed by atoms with Gasteiger partial charge in [0.1, 0.15) is 0 Å². The molecular weight excluding hydrogens is 606 g/mol. The molecular formula is C37H51N7O4. The maximum Gasteiger partial charge on any atom is 0.407 e. The van der Waals surface area contributed by atoms with Gasteiger partial charge in [-0.2, -0.15) is 0 Å². The van der Waals surface area contributed by atoms with Crippen LogP contribution in [0.4, 0.5) is 10.5 Å². The van der Waals surface area contributed by atoms with E-state index in [1.807, 2.05) is 52.9 Å². The number of pyridine rings is 2. The lowest BCUT2D eigenvalue weighted by atomic mass is 9.90. The number of benzene rings is 1. The predicted octanol–water partition coefficient (Wildman–Crippen LogP) is 4.79. The van der Waals surface area contributed by atoms with Crippen molar-refractivity contribution in [2.45, 2.75) is 85.6 Å². The molecule has 0 spiro atoms. The van der Waals surface area contributed by atoms with Crippen molar-refractivity contribution in [3.05, 3.63) is 80.5 Å². The third-order valence-electron chi connectivity index (χ3n) is 10.2. The quantitative estimate of drug-likeness (QED) is 0.300. The Bertz CT molecular complexity index is 1670. The van der Waals surface area contributed by atoms with Gasteiger partial charge in [-0.05, 0) is 102 Å². The molecule has 5 rings (SSSR count). The molecule has 0 aliphatic carbocycles. The van der Waals surface area contributed by atoms with Gasteiger partial charge in [-0.15, -0.1) is 0 Å². The summed E-state index contributed by atoms with van der Waals surface area (Å²) in [6.45, 7) is 17.5. The highest BCUT2D eigenvalue weighted by molar-refractivity contribution is 5.99. The highest BCUT2D eigenvalue weighted by Gasteiger charge is 2.37. The molecule has 258 valence electrons. The summed E-state index contributed by atoms with van der Waals surface area (Å²) < 4.78 is 0. The lowest BCUT2D eigenvalue weighted by Crippen LogP contribution is -2.55. The third-order valence-corrected chi connectivity index (χ3v) is 10.2. The first-order chi connectivity index (χ1) is 22.9.